The number of carbonyl (C=O) groups is 1. The van der Waals surface area contributed by atoms with Gasteiger partial charge >= 0.3 is 0 Å². The van der Waals surface area contributed by atoms with E-state index < -0.39 is 0 Å². The molecule has 124 valence electrons. The van der Waals surface area contributed by atoms with Crippen molar-refractivity contribution in [3.8, 4) is 0 Å². The summed E-state index contributed by atoms with van der Waals surface area (Å²) in [5.74, 6) is -0.111. The Bertz CT molecular complexity index is 723. The molecule has 2 saturated heterocycles. The standard InChI is InChI=1S/C20H20FNO2/c21-17-8-6-15(7-9-17)10-18-11-20(14-24-18)12-22(13-20)19(23)16-4-2-1-3-5-16/h1-9,18H,10-14H2/t18-/m0/s1. The Morgan fingerprint density at radius 2 is 1.83 bits per heavy atom. The van der Waals surface area contributed by atoms with Crippen molar-refractivity contribution in [1.82, 2.24) is 4.90 Å². The third-order valence-electron chi connectivity index (χ3n) is 5.02. The molecule has 4 rings (SSSR count). The lowest BCUT2D eigenvalue weighted by molar-refractivity contribution is -0.00133. The van der Waals surface area contributed by atoms with Crippen molar-refractivity contribution in [3.05, 3.63) is 71.5 Å². The molecule has 2 aliphatic rings. The van der Waals surface area contributed by atoms with Crippen molar-refractivity contribution in [2.45, 2.75) is 18.9 Å². The lowest BCUT2D eigenvalue weighted by Gasteiger charge is -2.47. The molecule has 2 heterocycles. The van der Waals surface area contributed by atoms with E-state index in [4.69, 9.17) is 4.74 Å². The molecule has 2 fully saturated rings. The fourth-order valence-corrected chi connectivity index (χ4v) is 3.80. The monoisotopic (exact) mass is 325 g/mol. The fraction of sp³-hybridized carbons (Fsp3) is 0.350. The van der Waals surface area contributed by atoms with E-state index in [0.717, 1.165) is 37.1 Å². The number of carbonyl (C=O) groups excluding carboxylic acids is 1. The summed E-state index contributed by atoms with van der Waals surface area (Å²) in [5.41, 5.74) is 1.94. The topological polar surface area (TPSA) is 29.5 Å². The lowest BCUT2D eigenvalue weighted by atomic mass is 9.77. The lowest BCUT2D eigenvalue weighted by Crippen LogP contribution is -2.58. The highest BCUT2D eigenvalue weighted by Crippen LogP contribution is 2.42. The molecule has 0 aromatic heterocycles. The zero-order valence-corrected chi connectivity index (χ0v) is 13.5. The first kappa shape index (κ1) is 15.3. The van der Waals surface area contributed by atoms with Crippen LogP contribution in [0.2, 0.25) is 0 Å². The van der Waals surface area contributed by atoms with Crippen molar-refractivity contribution in [1.29, 1.82) is 0 Å². The van der Waals surface area contributed by atoms with Gasteiger partial charge in [0.25, 0.3) is 5.91 Å². The molecule has 0 N–H and O–H groups in total. The summed E-state index contributed by atoms with van der Waals surface area (Å²) < 4.78 is 18.9. The van der Waals surface area contributed by atoms with Crippen LogP contribution in [0.5, 0.6) is 0 Å². The molecule has 2 aromatic carbocycles. The summed E-state index contributed by atoms with van der Waals surface area (Å²) in [6.07, 6.45) is 1.92. The first-order chi connectivity index (χ1) is 11.6. The summed E-state index contributed by atoms with van der Waals surface area (Å²) >= 11 is 0. The maximum Gasteiger partial charge on any atom is 0.253 e. The van der Waals surface area contributed by atoms with Crippen LogP contribution >= 0.6 is 0 Å². The number of benzene rings is 2. The van der Waals surface area contributed by atoms with E-state index in [1.807, 2.05) is 47.4 Å². The largest absolute Gasteiger partial charge is 0.377 e. The van der Waals surface area contributed by atoms with Crippen LogP contribution in [0.4, 0.5) is 4.39 Å². The second-order valence-corrected chi connectivity index (χ2v) is 6.99. The van der Waals surface area contributed by atoms with E-state index in [1.165, 1.54) is 12.1 Å². The molecule has 0 aliphatic carbocycles. The quantitative estimate of drug-likeness (QED) is 0.866. The fourth-order valence-electron chi connectivity index (χ4n) is 3.80. The Labute approximate surface area is 141 Å². The smallest absolute Gasteiger partial charge is 0.253 e. The van der Waals surface area contributed by atoms with Crippen LogP contribution in [0.1, 0.15) is 22.3 Å². The Morgan fingerprint density at radius 1 is 1.12 bits per heavy atom. The van der Waals surface area contributed by atoms with Gasteiger partial charge in [0.15, 0.2) is 0 Å². The van der Waals surface area contributed by atoms with Gasteiger partial charge in [0, 0.05) is 24.1 Å². The van der Waals surface area contributed by atoms with Crippen LogP contribution in [0.3, 0.4) is 0 Å². The molecule has 0 saturated carbocycles. The Morgan fingerprint density at radius 3 is 2.54 bits per heavy atom. The number of nitrogens with zero attached hydrogens (tertiary/aromatic N) is 1. The summed E-state index contributed by atoms with van der Waals surface area (Å²) in [7, 11) is 0. The minimum atomic E-state index is -0.211. The highest BCUT2D eigenvalue weighted by atomic mass is 19.1. The van der Waals surface area contributed by atoms with Gasteiger partial charge in [-0.25, -0.2) is 4.39 Å². The zero-order chi connectivity index (χ0) is 16.6. The van der Waals surface area contributed by atoms with Gasteiger partial charge < -0.3 is 9.64 Å². The van der Waals surface area contributed by atoms with E-state index in [1.54, 1.807) is 0 Å². The van der Waals surface area contributed by atoms with Crippen molar-refractivity contribution >= 4 is 5.91 Å². The number of halogens is 1. The SMILES string of the molecule is O=C(c1ccccc1)N1CC2(CO[C@@H](Cc3ccc(F)cc3)C2)C1. The molecule has 4 heteroatoms. The first-order valence-electron chi connectivity index (χ1n) is 8.34. The number of hydrogen-bond acceptors (Lipinski definition) is 2. The molecule has 1 atom stereocenters. The predicted molar refractivity (Wildman–Crippen MR) is 89.2 cm³/mol. The first-order valence-corrected chi connectivity index (χ1v) is 8.34. The van der Waals surface area contributed by atoms with E-state index in [-0.39, 0.29) is 23.2 Å². The van der Waals surface area contributed by atoms with E-state index in [0.29, 0.717) is 6.61 Å². The van der Waals surface area contributed by atoms with Gasteiger partial charge in [-0.05, 0) is 42.7 Å². The average molecular weight is 325 g/mol. The maximum atomic E-state index is 13.0. The van der Waals surface area contributed by atoms with E-state index in [9.17, 15) is 9.18 Å². The number of ether oxygens (including phenoxy) is 1. The summed E-state index contributed by atoms with van der Waals surface area (Å²) in [6.45, 7) is 2.23. The summed E-state index contributed by atoms with van der Waals surface area (Å²) in [4.78, 5) is 14.3. The van der Waals surface area contributed by atoms with Gasteiger partial charge in [0.2, 0.25) is 0 Å². The van der Waals surface area contributed by atoms with Crippen LogP contribution in [0.15, 0.2) is 54.6 Å². The van der Waals surface area contributed by atoms with E-state index in [2.05, 4.69) is 0 Å². The molecular formula is C20H20FNO2. The highest BCUT2D eigenvalue weighted by Gasteiger charge is 2.50. The number of hydrogen-bond donors (Lipinski definition) is 0. The van der Waals surface area contributed by atoms with Crippen LogP contribution in [0.25, 0.3) is 0 Å². The Kier molecular flexibility index (Phi) is 3.85. The van der Waals surface area contributed by atoms with Crippen molar-refractivity contribution < 1.29 is 13.9 Å². The summed E-state index contributed by atoms with van der Waals surface area (Å²) in [5, 5.41) is 0. The Balaban J connectivity index is 1.33. The van der Waals surface area contributed by atoms with Crippen LogP contribution < -0.4 is 0 Å². The number of likely N-dealkylation sites (tertiary alicyclic amines) is 1. The molecule has 0 bridgehead atoms. The number of rotatable bonds is 3. The minimum absolute atomic E-state index is 0.100. The predicted octanol–water partition coefficient (Wildman–Crippen LogP) is 3.30. The molecule has 0 unspecified atom stereocenters. The normalized spacial score (nSPS) is 21.7. The second kappa shape index (κ2) is 6.02. The van der Waals surface area contributed by atoms with Crippen molar-refractivity contribution in [3.63, 3.8) is 0 Å². The van der Waals surface area contributed by atoms with Gasteiger partial charge in [-0.3, -0.25) is 4.79 Å². The molecule has 3 nitrogen and oxygen atoms in total. The minimum Gasteiger partial charge on any atom is -0.377 e. The highest BCUT2D eigenvalue weighted by molar-refractivity contribution is 5.94. The van der Waals surface area contributed by atoms with Gasteiger partial charge in [0.1, 0.15) is 5.82 Å². The van der Waals surface area contributed by atoms with Gasteiger partial charge in [0.05, 0.1) is 12.7 Å². The molecule has 1 amide bonds. The Hall–Kier alpha value is -2.20. The maximum absolute atomic E-state index is 13.0. The third-order valence-corrected chi connectivity index (χ3v) is 5.02. The van der Waals surface area contributed by atoms with Crippen molar-refractivity contribution in [2.24, 2.45) is 5.41 Å². The molecular weight excluding hydrogens is 305 g/mol. The zero-order valence-electron chi connectivity index (χ0n) is 13.5. The van der Waals surface area contributed by atoms with Gasteiger partial charge in [-0.15, -0.1) is 0 Å². The molecule has 1 spiro atoms. The molecule has 24 heavy (non-hydrogen) atoms. The second-order valence-electron chi connectivity index (χ2n) is 6.99. The molecule has 0 radical (unpaired) electrons. The van der Waals surface area contributed by atoms with Gasteiger partial charge in [-0.2, -0.15) is 0 Å². The molecule has 2 aliphatic heterocycles. The molecule has 2 aromatic rings. The van der Waals surface area contributed by atoms with Crippen LogP contribution in [-0.4, -0.2) is 36.6 Å². The number of amides is 1. The van der Waals surface area contributed by atoms with Crippen LogP contribution in [-0.2, 0) is 11.2 Å². The average Bonchev–Trinajstić information content (AvgIpc) is 3.00. The summed E-state index contributed by atoms with van der Waals surface area (Å²) in [6, 6.07) is 16.0. The van der Waals surface area contributed by atoms with Crippen LogP contribution in [0, 0.1) is 11.2 Å². The van der Waals surface area contributed by atoms with E-state index >= 15 is 0 Å². The third kappa shape index (κ3) is 2.94. The van der Waals surface area contributed by atoms with Crippen molar-refractivity contribution in [2.75, 3.05) is 19.7 Å². The van der Waals surface area contributed by atoms with Gasteiger partial charge in [-0.1, -0.05) is 30.3 Å².